The summed E-state index contributed by atoms with van der Waals surface area (Å²) in [6, 6.07) is 7.53. The van der Waals surface area contributed by atoms with E-state index in [0.717, 1.165) is 16.9 Å². The molecule has 0 radical (unpaired) electrons. The predicted octanol–water partition coefficient (Wildman–Crippen LogP) is 2.00. The van der Waals surface area contributed by atoms with Gasteiger partial charge in [-0.15, -0.1) is 0 Å². The molecule has 7 heteroatoms. The average Bonchev–Trinajstić information content (AvgIpc) is 3.13. The van der Waals surface area contributed by atoms with Crippen molar-refractivity contribution >= 4 is 28.8 Å². The molecule has 0 unspecified atom stereocenters. The van der Waals surface area contributed by atoms with Gasteiger partial charge in [-0.2, -0.15) is 0 Å². The monoisotopic (exact) mass is 302 g/mol. The van der Waals surface area contributed by atoms with Gasteiger partial charge in [0.05, 0.1) is 5.75 Å². The van der Waals surface area contributed by atoms with Gasteiger partial charge in [0.15, 0.2) is 5.58 Å². The molecular formula is C14H14N4O2S. The Labute approximate surface area is 125 Å². The van der Waals surface area contributed by atoms with Crippen LogP contribution in [0.3, 0.4) is 0 Å². The van der Waals surface area contributed by atoms with Gasteiger partial charge in [0, 0.05) is 25.4 Å². The quantitative estimate of drug-likeness (QED) is 0.680. The molecule has 1 aromatic carbocycles. The van der Waals surface area contributed by atoms with E-state index in [0.29, 0.717) is 18.2 Å². The number of benzene rings is 1. The van der Waals surface area contributed by atoms with Crippen LogP contribution in [0.4, 0.5) is 0 Å². The smallest absolute Gasteiger partial charge is 0.257 e. The molecule has 0 saturated heterocycles. The van der Waals surface area contributed by atoms with E-state index in [1.807, 2.05) is 24.3 Å². The van der Waals surface area contributed by atoms with Gasteiger partial charge < -0.3 is 14.7 Å². The Morgan fingerprint density at radius 3 is 3.10 bits per heavy atom. The second-order valence-electron chi connectivity index (χ2n) is 4.37. The van der Waals surface area contributed by atoms with Gasteiger partial charge in [-0.25, -0.2) is 9.97 Å². The maximum atomic E-state index is 11.7. The lowest BCUT2D eigenvalue weighted by Gasteiger charge is -2.02. The summed E-state index contributed by atoms with van der Waals surface area (Å²) >= 11 is 1.29. The summed E-state index contributed by atoms with van der Waals surface area (Å²) in [5.74, 6) is 1.10. The highest BCUT2D eigenvalue weighted by molar-refractivity contribution is 7.99. The van der Waals surface area contributed by atoms with Crippen molar-refractivity contribution in [2.75, 3.05) is 12.3 Å². The predicted molar refractivity (Wildman–Crippen MR) is 80.0 cm³/mol. The minimum Gasteiger partial charge on any atom is -0.431 e. The standard InChI is InChI=1S/C14H14N4O2S/c19-13(17-6-5-12-15-7-8-16-12)9-21-14-18-10-3-1-2-4-11(10)20-14/h1-4,7-8H,5-6,9H2,(H,15,16)(H,17,19). The minimum atomic E-state index is -0.0474. The van der Waals surface area contributed by atoms with Crippen molar-refractivity contribution in [1.29, 1.82) is 0 Å². The first-order chi connectivity index (χ1) is 10.3. The largest absolute Gasteiger partial charge is 0.431 e. The summed E-state index contributed by atoms with van der Waals surface area (Å²) in [5, 5.41) is 3.35. The first kappa shape index (κ1) is 13.7. The lowest BCUT2D eigenvalue weighted by atomic mass is 10.3. The number of hydrogen-bond acceptors (Lipinski definition) is 5. The molecule has 6 nitrogen and oxygen atoms in total. The van der Waals surface area contributed by atoms with Gasteiger partial charge in [-0.3, -0.25) is 4.79 Å². The highest BCUT2D eigenvalue weighted by Crippen LogP contribution is 2.22. The van der Waals surface area contributed by atoms with E-state index >= 15 is 0 Å². The van der Waals surface area contributed by atoms with Crippen molar-refractivity contribution in [1.82, 2.24) is 20.3 Å². The van der Waals surface area contributed by atoms with E-state index in [9.17, 15) is 4.79 Å². The van der Waals surface area contributed by atoms with Crippen molar-refractivity contribution in [3.05, 3.63) is 42.5 Å². The molecule has 2 N–H and O–H groups in total. The van der Waals surface area contributed by atoms with E-state index in [1.54, 1.807) is 12.4 Å². The first-order valence-corrected chi connectivity index (χ1v) is 7.53. The molecule has 0 aliphatic carbocycles. The number of carbonyl (C=O) groups excluding carboxylic acids is 1. The second-order valence-corrected chi connectivity index (χ2v) is 5.30. The second kappa shape index (κ2) is 6.45. The Morgan fingerprint density at radius 2 is 2.29 bits per heavy atom. The fourth-order valence-electron chi connectivity index (χ4n) is 1.85. The molecule has 0 atom stereocenters. The number of nitrogens with one attached hydrogen (secondary N) is 2. The van der Waals surface area contributed by atoms with Gasteiger partial charge in [0.1, 0.15) is 11.3 Å². The number of hydrogen-bond donors (Lipinski definition) is 2. The summed E-state index contributed by atoms with van der Waals surface area (Å²) in [4.78, 5) is 23.1. The third kappa shape index (κ3) is 3.63. The summed E-state index contributed by atoms with van der Waals surface area (Å²) in [5.41, 5.74) is 1.54. The Hall–Kier alpha value is -2.28. The normalized spacial score (nSPS) is 10.9. The summed E-state index contributed by atoms with van der Waals surface area (Å²) in [6.45, 7) is 0.556. The summed E-state index contributed by atoms with van der Waals surface area (Å²) < 4.78 is 5.54. The van der Waals surface area contributed by atoms with Crippen LogP contribution in [-0.2, 0) is 11.2 Å². The van der Waals surface area contributed by atoms with Crippen LogP contribution in [0.5, 0.6) is 0 Å². The topological polar surface area (TPSA) is 83.8 Å². The Kier molecular flexibility index (Phi) is 4.20. The molecule has 0 saturated carbocycles. The third-order valence-corrected chi connectivity index (χ3v) is 3.67. The number of oxazole rings is 1. The zero-order valence-electron chi connectivity index (χ0n) is 11.2. The highest BCUT2D eigenvalue weighted by Gasteiger charge is 2.08. The summed E-state index contributed by atoms with van der Waals surface area (Å²) in [6.07, 6.45) is 4.15. The van der Waals surface area contributed by atoms with Crippen LogP contribution >= 0.6 is 11.8 Å². The Morgan fingerprint density at radius 1 is 1.38 bits per heavy atom. The van der Waals surface area contributed by atoms with Crippen LogP contribution < -0.4 is 5.32 Å². The molecule has 2 heterocycles. The van der Waals surface area contributed by atoms with E-state index in [1.165, 1.54) is 11.8 Å². The van der Waals surface area contributed by atoms with Crippen LogP contribution in [0.15, 0.2) is 46.3 Å². The van der Waals surface area contributed by atoms with Gasteiger partial charge in [-0.05, 0) is 12.1 Å². The number of nitrogens with zero attached hydrogens (tertiary/aromatic N) is 2. The van der Waals surface area contributed by atoms with Crippen LogP contribution in [0.1, 0.15) is 5.82 Å². The maximum absolute atomic E-state index is 11.7. The van der Waals surface area contributed by atoms with Crippen molar-refractivity contribution < 1.29 is 9.21 Å². The molecule has 0 fully saturated rings. The number of aromatic amines is 1. The molecule has 0 aliphatic rings. The van der Waals surface area contributed by atoms with Crippen molar-refractivity contribution in [2.45, 2.75) is 11.6 Å². The van der Waals surface area contributed by atoms with E-state index < -0.39 is 0 Å². The number of aromatic nitrogens is 3. The molecule has 3 aromatic rings. The number of thioether (sulfide) groups is 1. The molecule has 0 spiro atoms. The van der Waals surface area contributed by atoms with Crippen LogP contribution in [0, 0.1) is 0 Å². The number of H-pyrrole nitrogens is 1. The van der Waals surface area contributed by atoms with Crippen molar-refractivity contribution in [2.24, 2.45) is 0 Å². The molecule has 3 rings (SSSR count). The van der Waals surface area contributed by atoms with E-state index in [-0.39, 0.29) is 11.7 Å². The van der Waals surface area contributed by atoms with Gasteiger partial charge in [-0.1, -0.05) is 23.9 Å². The Balaban J connectivity index is 1.44. The number of imidazole rings is 1. The van der Waals surface area contributed by atoms with Gasteiger partial charge in [0.25, 0.3) is 5.22 Å². The molecule has 21 heavy (non-hydrogen) atoms. The lowest BCUT2D eigenvalue weighted by molar-refractivity contribution is -0.118. The minimum absolute atomic E-state index is 0.0474. The van der Waals surface area contributed by atoms with Crippen LogP contribution in [0.25, 0.3) is 11.1 Å². The SMILES string of the molecule is O=C(CSc1nc2ccccc2o1)NCCc1ncc[nH]1. The molecule has 0 aliphatic heterocycles. The highest BCUT2D eigenvalue weighted by atomic mass is 32.2. The average molecular weight is 302 g/mol. The van der Waals surface area contributed by atoms with Crippen molar-refractivity contribution in [3.63, 3.8) is 0 Å². The third-order valence-electron chi connectivity index (χ3n) is 2.84. The van der Waals surface area contributed by atoms with E-state index in [2.05, 4.69) is 20.3 Å². The van der Waals surface area contributed by atoms with Crippen molar-refractivity contribution in [3.8, 4) is 0 Å². The molecular weight excluding hydrogens is 288 g/mol. The maximum Gasteiger partial charge on any atom is 0.257 e. The molecule has 2 aromatic heterocycles. The zero-order valence-corrected chi connectivity index (χ0v) is 12.0. The molecule has 1 amide bonds. The number of fused-ring (bicyclic) bond motifs is 1. The number of rotatable bonds is 6. The zero-order chi connectivity index (χ0) is 14.5. The van der Waals surface area contributed by atoms with E-state index in [4.69, 9.17) is 4.42 Å². The van der Waals surface area contributed by atoms with Gasteiger partial charge >= 0.3 is 0 Å². The fourth-order valence-corrected chi connectivity index (χ4v) is 2.51. The van der Waals surface area contributed by atoms with Gasteiger partial charge in [0.2, 0.25) is 5.91 Å². The van der Waals surface area contributed by atoms with Crippen LogP contribution in [-0.4, -0.2) is 33.2 Å². The Bertz CT molecular complexity index is 690. The molecule has 0 bridgehead atoms. The first-order valence-electron chi connectivity index (χ1n) is 6.54. The number of carbonyl (C=O) groups is 1. The van der Waals surface area contributed by atoms with Crippen LogP contribution in [0.2, 0.25) is 0 Å². The molecule has 108 valence electrons. The lowest BCUT2D eigenvalue weighted by Crippen LogP contribution is -2.27. The number of amides is 1. The fraction of sp³-hybridized carbons (Fsp3) is 0.214. The summed E-state index contributed by atoms with van der Waals surface area (Å²) in [7, 11) is 0. The number of para-hydroxylation sites is 2.